The first-order chi connectivity index (χ1) is 18.3. The predicted molar refractivity (Wildman–Crippen MR) is 158 cm³/mol. The Balaban J connectivity index is 2.08. The van der Waals surface area contributed by atoms with Gasteiger partial charge in [0, 0.05) is 34.1 Å². The van der Waals surface area contributed by atoms with Crippen molar-refractivity contribution in [1.82, 2.24) is 10.2 Å². The van der Waals surface area contributed by atoms with E-state index in [0.717, 1.165) is 16.1 Å². The van der Waals surface area contributed by atoms with Gasteiger partial charge >= 0.3 is 0 Å². The molecule has 7 nitrogen and oxygen atoms in total. The van der Waals surface area contributed by atoms with E-state index in [9.17, 15) is 18.0 Å². The Labute approximate surface area is 244 Å². The number of anilines is 1. The number of amides is 2. The van der Waals surface area contributed by atoms with Gasteiger partial charge in [-0.1, -0.05) is 77.3 Å². The first-order valence-electron chi connectivity index (χ1n) is 12.2. The van der Waals surface area contributed by atoms with Crippen LogP contribution in [0.5, 0.6) is 0 Å². The topological polar surface area (TPSA) is 86.8 Å². The fourth-order valence-electron chi connectivity index (χ4n) is 4.01. The monoisotopic (exact) mass is 609 g/mol. The maximum absolute atomic E-state index is 14.0. The number of nitrogens with one attached hydrogen (secondary N) is 1. The van der Waals surface area contributed by atoms with E-state index >= 15 is 0 Å². The number of nitrogens with zero attached hydrogens (tertiary/aromatic N) is 2. The maximum Gasteiger partial charge on any atom is 0.244 e. The van der Waals surface area contributed by atoms with E-state index in [1.54, 1.807) is 36.4 Å². The number of hydrogen-bond donors (Lipinski definition) is 1. The molecule has 3 rings (SSSR count). The predicted octanol–water partition coefficient (Wildman–Crippen LogP) is 5.58. The molecule has 0 unspecified atom stereocenters. The summed E-state index contributed by atoms with van der Waals surface area (Å²) in [7, 11) is -3.89. The molecule has 1 N–H and O–H groups in total. The quantitative estimate of drug-likeness (QED) is 0.307. The number of halogens is 3. The Kier molecular flexibility index (Phi) is 10.7. The smallest absolute Gasteiger partial charge is 0.244 e. The van der Waals surface area contributed by atoms with Gasteiger partial charge in [0.1, 0.15) is 12.6 Å². The molecular formula is C28H30Cl3N3O4S. The first-order valence-corrected chi connectivity index (χ1v) is 15.1. The lowest BCUT2D eigenvalue weighted by Crippen LogP contribution is -2.54. The summed E-state index contributed by atoms with van der Waals surface area (Å²) in [5.74, 6) is -0.966. The van der Waals surface area contributed by atoms with Crippen molar-refractivity contribution < 1.29 is 18.0 Å². The average molecular weight is 611 g/mol. The van der Waals surface area contributed by atoms with Crippen LogP contribution in [0.3, 0.4) is 0 Å². The summed E-state index contributed by atoms with van der Waals surface area (Å²) in [4.78, 5) is 28.9. The van der Waals surface area contributed by atoms with Gasteiger partial charge in [0.15, 0.2) is 0 Å². The molecule has 0 fully saturated rings. The van der Waals surface area contributed by atoms with Crippen LogP contribution >= 0.6 is 34.8 Å². The Bertz CT molecular complexity index is 1420. The van der Waals surface area contributed by atoms with E-state index in [2.05, 4.69) is 5.32 Å². The van der Waals surface area contributed by atoms with Gasteiger partial charge in [0.25, 0.3) is 0 Å². The van der Waals surface area contributed by atoms with Crippen LogP contribution in [0.4, 0.5) is 5.69 Å². The fourth-order valence-corrected chi connectivity index (χ4v) is 5.51. The van der Waals surface area contributed by atoms with Crippen LogP contribution in [0.1, 0.15) is 25.0 Å². The largest absolute Gasteiger partial charge is 0.352 e. The molecular weight excluding hydrogens is 581 g/mol. The molecule has 3 aromatic carbocycles. The Morgan fingerprint density at radius 1 is 0.897 bits per heavy atom. The zero-order valence-electron chi connectivity index (χ0n) is 21.8. The van der Waals surface area contributed by atoms with Crippen molar-refractivity contribution in [2.24, 2.45) is 0 Å². The normalized spacial score (nSPS) is 12.2. The molecule has 0 aliphatic rings. The van der Waals surface area contributed by atoms with Crippen molar-refractivity contribution in [1.29, 1.82) is 0 Å². The van der Waals surface area contributed by atoms with Gasteiger partial charge in [-0.25, -0.2) is 8.42 Å². The van der Waals surface area contributed by atoms with E-state index in [4.69, 9.17) is 34.8 Å². The Hall–Kier alpha value is -2.78. The molecule has 0 saturated heterocycles. The summed E-state index contributed by atoms with van der Waals surface area (Å²) in [6.07, 6.45) is 1.21. The minimum atomic E-state index is -3.89. The summed E-state index contributed by atoms with van der Waals surface area (Å²) in [5, 5.41) is 3.95. The van der Waals surface area contributed by atoms with Gasteiger partial charge in [-0.05, 0) is 55.3 Å². The first kappa shape index (κ1) is 30.8. The van der Waals surface area contributed by atoms with Crippen molar-refractivity contribution in [3.05, 3.63) is 99.0 Å². The maximum atomic E-state index is 14.0. The number of sulfonamides is 1. The lowest BCUT2D eigenvalue weighted by atomic mass is 10.0. The second kappa shape index (κ2) is 13.5. The van der Waals surface area contributed by atoms with Gasteiger partial charge in [0.05, 0.1) is 11.9 Å². The SMILES string of the molecule is CC(C)NC(=O)[C@@H](Cc1ccccc1)N(Cc1ccc(Cl)cc1Cl)C(=O)CN(c1cccc(Cl)c1)S(C)(=O)=O. The number of hydrogen-bond acceptors (Lipinski definition) is 4. The van der Waals surface area contributed by atoms with Crippen LogP contribution in [0.25, 0.3) is 0 Å². The summed E-state index contributed by atoms with van der Waals surface area (Å²) >= 11 is 18.6. The van der Waals surface area contributed by atoms with E-state index < -0.39 is 28.5 Å². The molecule has 0 bridgehead atoms. The minimum absolute atomic E-state index is 0.0506. The van der Waals surface area contributed by atoms with Crippen molar-refractivity contribution >= 4 is 62.3 Å². The van der Waals surface area contributed by atoms with Gasteiger partial charge in [-0.15, -0.1) is 0 Å². The van der Waals surface area contributed by atoms with Crippen molar-refractivity contribution in [3.63, 3.8) is 0 Å². The van der Waals surface area contributed by atoms with Crippen LogP contribution < -0.4 is 9.62 Å². The van der Waals surface area contributed by atoms with E-state index in [-0.39, 0.29) is 30.6 Å². The number of benzene rings is 3. The van der Waals surface area contributed by atoms with Crippen LogP contribution in [0, 0.1) is 0 Å². The van der Waals surface area contributed by atoms with Crippen molar-refractivity contribution in [3.8, 4) is 0 Å². The lowest BCUT2D eigenvalue weighted by molar-refractivity contribution is -0.140. The average Bonchev–Trinajstić information content (AvgIpc) is 2.85. The standard InChI is InChI=1S/C28H30Cl3N3O4S/c1-19(2)32-28(36)26(14-20-8-5-4-6-9-20)33(17-21-12-13-23(30)16-25(21)31)27(35)18-34(39(3,37)38)24-11-7-10-22(29)15-24/h4-13,15-16,19,26H,14,17-18H2,1-3H3,(H,32,36)/t26-/m1/s1. The number of carbonyl (C=O) groups excluding carboxylic acids is 2. The minimum Gasteiger partial charge on any atom is -0.352 e. The highest BCUT2D eigenvalue weighted by atomic mass is 35.5. The van der Waals surface area contributed by atoms with Crippen molar-refractivity contribution in [2.75, 3.05) is 17.1 Å². The zero-order valence-corrected chi connectivity index (χ0v) is 24.9. The number of rotatable bonds is 11. The highest BCUT2D eigenvalue weighted by Gasteiger charge is 2.33. The van der Waals surface area contributed by atoms with Crippen LogP contribution in [-0.4, -0.2) is 50.0 Å². The van der Waals surface area contributed by atoms with Gasteiger partial charge < -0.3 is 10.2 Å². The molecule has 0 spiro atoms. The Morgan fingerprint density at radius 3 is 2.15 bits per heavy atom. The van der Waals surface area contributed by atoms with E-state index in [0.29, 0.717) is 20.6 Å². The molecule has 2 amide bonds. The van der Waals surface area contributed by atoms with Crippen LogP contribution in [0.2, 0.25) is 15.1 Å². The summed E-state index contributed by atoms with van der Waals surface area (Å²) in [5.41, 5.74) is 1.61. The molecule has 0 aliphatic carbocycles. The third-order valence-electron chi connectivity index (χ3n) is 5.83. The van der Waals surface area contributed by atoms with Gasteiger partial charge in [-0.3, -0.25) is 13.9 Å². The molecule has 0 saturated carbocycles. The summed E-state index contributed by atoms with van der Waals surface area (Å²) in [6, 6.07) is 19.2. The van der Waals surface area contributed by atoms with E-state index in [1.807, 2.05) is 44.2 Å². The van der Waals surface area contributed by atoms with Crippen molar-refractivity contribution in [2.45, 2.75) is 38.9 Å². The van der Waals surface area contributed by atoms with Crippen LogP contribution in [0.15, 0.2) is 72.8 Å². The fraction of sp³-hybridized carbons (Fsp3) is 0.286. The molecule has 39 heavy (non-hydrogen) atoms. The molecule has 0 aromatic heterocycles. The highest BCUT2D eigenvalue weighted by Crippen LogP contribution is 2.26. The molecule has 0 heterocycles. The Morgan fingerprint density at radius 2 is 1.56 bits per heavy atom. The second-order valence-electron chi connectivity index (χ2n) is 9.38. The van der Waals surface area contributed by atoms with E-state index in [1.165, 1.54) is 11.0 Å². The summed E-state index contributed by atoms with van der Waals surface area (Å²) in [6.45, 7) is 3.05. The third kappa shape index (κ3) is 8.86. The zero-order chi connectivity index (χ0) is 28.7. The molecule has 208 valence electrons. The van der Waals surface area contributed by atoms with Gasteiger partial charge in [0.2, 0.25) is 21.8 Å². The molecule has 0 aliphatic heterocycles. The lowest BCUT2D eigenvalue weighted by Gasteiger charge is -2.34. The molecule has 0 radical (unpaired) electrons. The summed E-state index contributed by atoms with van der Waals surface area (Å²) < 4.78 is 26.5. The second-order valence-corrected chi connectivity index (χ2v) is 12.6. The molecule has 11 heteroatoms. The highest BCUT2D eigenvalue weighted by molar-refractivity contribution is 7.92. The molecule has 1 atom stereocenters. The third-order valence-corrected chi connectivity index (χ3v) is 7.80. The van der Waals surface area contributed by atoms with Crippen LogP contribution in [-0.2, 0) is 32.6 Å². The number of carbonyl (C=O) groups is 2. The molecule has 3 aromatic rings. The van der Waals surface area contributed by atoms with Gasteiger partial charge in [-0.2, -0.15) is 0 Å².